The van der Waals surface area contributed by atoms with Crippen molar-refractivity contribution in [2.45, 2.75) is 30.6 Å². The van der Waals surface area contributed by atoms with E-state index in [2.05, 4.69) is 4.74 Å². The topological polar surface area (TPSA) is 70.5 Å². The maximum Gasteiger partial charge on any atom is 0.429 e. The number of nitrogens with one attached hydrogen (secondary N) is 1. The zero-order valence-corrected chi connectivity index (χ0v) is 14.4. The van der Waals surface area contributed by atoms with Gasteiger partial charge in [-0.15, -0.1) is 0 Å². The summed E-state index contributed by atoms with van der Waals surface area (Å²) in [6.07, 6.45) is -6.75. The predicted octanol–water partition coefficient (Wildman–Crippen LogP) is 3.55. The first-order valence-electron chi connectivity index (χ1n) is 7.64. The molecule has 2 aromatic rings. The number of rotatable bonds is 5. The summed E-state index contributed by atoms with van der Waals surface area (Å²) in [4.78, 5) is -0.321. The minimum Gasteiger partial charge on any atom is -0.430 e. The Morgan fingerprint density at radius 1 is 1.15 bits per heavy atom. The molecule has 0 bridgehead atoms. The molecule has 0 saturated carbocycles. The SMILES string of the molecule is CC(F)C(F)(F)Oc1cccc2c1C(=N)N(Cc1ccccc1)S2(=O)=O. The van der Waals surface area contributed by atoms with Gasteiger partial charge < -0.3 is 4.74 Å². The van der Waals surface area contributed by atoms with Gasteiger partial charge in [0.2, 0.25) is 6.17 Å². The largest absolute Gasteiger partial charge is 0.430 e. The molecule has 0 aliphatic carbocycles. The third kappa shape index (κ3) is 3.03. The molecule has 1 atom stereocenters. The van der Waals surface area contributed by atoms with Crippen LogP contribution in [0.1, 0.15) is 18.1 Å². The highest BCUT2D eigenvalue weighted by Crippen LogP contribution is 2.39. The van der Waals surface area contributed by atoms with Gasteiger partial charge in [-0.25, -0.2) is 17.1 Å². The normalized spacial score (nSPS) is 17.1. The maximum absolute atomic E-state index is 13.6. The van der Waals surface area contributed by atoms with Gasteiger partial charge in [-0.05, 0) is 24.6 Å². The van der Waals surface area contributed by atoms with E-state index < -0.39 is 33.9 Å². The molecule has 0 spiro atoms. The molecule has 5 nitrogen and oxygen atoms in total. The summed E-state index contributed by atoms with van der Waals surface area (Å²) in [5, 5.41) is 8.18. The van der Waals surface area contributed by atoms with E-state index in [0.717, 1.165) is 10.4 Å². The first kappa shape index (κ1) is 18.2. The monoisotopic (exact) mass is 384 g/mol. The van der Waals surface area contributed by atoms with E-state index >= 15 is 0 Å². The molecular formula is C17H15F3N2O3S. The van der Waals surface area contributed by atoms with Gasteiger partial charge in [-0.2, -0.15) is 8.78 Å². The number of nitrogens with zero attached hydrogens (tertiary/aromatic N) is 1. The summed E-state index contributed by atoms with van der Waals surface area (Å²) in [5.74, 6) is -1.05. The smallest absolute Gasteiger partial charge is 0.429 e. The molecule has 138 valence electrons. The molecule has 1 N–H and O–H groups in total. The molecule has 1 aliphatic rings. The molecule has 9 heteroatoms. The fraction of sp³-hybridized carbons (Fsp3) is 0.235. The Morgan fingerprint density at radius 3 is 2.42 bits per heavy atom. The Kier molecular flexibility index (Phi) is 4.43. The number of amidine groups is 1. The fourth-order valence-corrected chi connectivity index (χ4v) is 4.14. The second-order valence-electron chi connectivity index (χ2n) is 5.76. The van der Waals surface area contributed by atoms with Crippen LogP contribution in [-0.4, -0.2) is 30.8 Å². The molecular weight excluding hydrogens is 369 g/mol. The molecule has 3 rings (SSSR count). The summed E-state index contributed by atoms with van der Waals surface area (Å²) in [7, 11) is -4.10. The van der Waals surface area contributed by atoms with Crippen molar-refractivity contribution in [3.05, 3.63) is 59.7 Å². The molecule has 0 amide bonds. The number of ether oxygens (including phenoxy) is 1. The number of halogens is 3. The van der Waals surface area contributed by atoms with Crippen LogP contribution in [0.4, 0.5) is 13.2 Å². The van der Waals surface area contributed by atoms with Crippen molar-refractivity contribution in [3.8, 4) is 5.75 Å². The molecule has 0 saturated heterocycles. The average molecular weight is 384 g/mol. The number of sulfonamides is 1. The van der Waals surface area contributed by atoms with Crippen LogP contribution in [0.5, 0.6) is 5.75 Å². The Balaban J connectivity index is 2.03. The summed E-state index contributed by atoms with van der Waals surface area (Å²) in [6.45, 7) is 0.499. The van der Waals surface area contributed by atoms with Gasteiger partial charge in [-0.3, -0.25) is 5.41 Å². The Morgan fingerprint density at radius 2 is 1.81 bits per heavy atom. The number of fused-ring (bicyclic) bond motifs is 1. The van der Waals surface area contributed by atoms with Crippen molar-refractivity contribution in [2.75, 3.05) is 0 Å². The number of alkyl halides is 3. The third-order valence-corrected chi connectivity index (χ3v) is 5.71. The number of hydrogen-bond donors (Lipinski definition) is 1. The lowest BCUT2D eigenvalue weighted by Gasteiger charge is -2.20. The molecule has 2 aromatic carbocycles. The molecule has 1 heterocycles. The zero-order valence-electron chi connectivity index (χ0n) is 13.6. The van der Waals surface area contributed by atoms with Crippen LogP contribution in [0, 0.1) is 5.41 Å². The van der Waals surface area contributed by atoms with Crippen molar-refractivity contribution in [3.63, 3.8) is 0 Å². The Hall–Kier alpha value is -2.55. The number of hydrogen-bond acceptors (Lipinski definition) is 4. The van der Waals surface area contributed by atoms with Crippen molar-refractivity contribution in [1.82, 2.24) is 4.31 Å². The number of benzene rings is 2. The highest BCUT2D eigenvalue weighted by atomic mass is 32.2. The predicted molar refractivity (Wildman–Crippen MR) is 88.6 cm³/mol. The Bertz CT molecular complexity index is 947. The van der Waals surface area contributed by atoms with Gasteiger partial charge in [0, 0.05) is 0 Å². The van der Waals surface area contributed by atoms with Crippen LogP contribution >= 0.6 is 0 Å². The van der Waals surface area contributed by atoms with Gasteiger partial charge in [0.05, 0.1) is 12.1 Å². The summed E-state index contributed by atoms with van der Waals surface area (Å²) in [6, 6.07) is 12.1. The zero-order chi connectivity index (χ0) is 19.1. The summed E-state index contributed by atoms with van der Waals surface area (Å²) >= 11 is 0. The molecule has 1 unspecified atom stereocenters. The van der Waals surface area contributed by atoms with Crippen LogP contribution in [-0.2, 0) is 16.6 Å². The van der Waals surface area contributed by atoms with Crippen molar-refractivity contribution in [2.24, 2.45) is 0 Å². The van der Waals surface area contributed by atoms with Crippen LogP contribution in [0.25, 0.3) is 0 Å². The van der Waals surface area contributed by atoms with E-state index in [1.165, 1.54) is 12.1 Å². The minimum atomic E-state index is -4.15. The molecule has 0 aromatic heterocycles. The lowest BCUT2D eigenvalue weighted by Crippen LogP contribution is -2.35. The van der Waals surface area contributed by atoms with Gasteiger partial charge in [0.25, 0.3) is 10.0 Å². The summed E-state index contributed by atoms with van der Waals surface area (Å²) in [5.41, 5.74) is 0.322. The van der Waals surface area contributed by atoms with Gasteiger partial charge in [0.1, 0.15) is 16.5 Å². The minimum absolute atomic E-state index is 0.133. The molecule has 26 heavy (non-hydrogen) atoms. The molecule has 1 aliphatic heterocycles. The van der Waals surface area contributed by atoms with E-state index in [-0.39, 0.29) is 17.0 Å². The maximum atomic E-state index is 13.6. The Labute approximate surface area is 148 Å². The van der Waals surface area contributed by atoms with Crippen LogP contribution in [0.2, 0.25) is 0 Å². The van der Waals surface area contributed by atoms with Gasteiger partial charge in [0.15, 0.2) is 0 Å². The van der Waals surface area contributed by atoms with E-state index in [1.54, 1.807) is 30.3 Å². The highest BCUT2D eigenvalue weighted by Gasteiger charge is 2.45. The lowest BCUT2D eigenvalue weighted by molar-refractivity contribution is -0.215. The fourth-order valence-electron chi connectivity index (χ4n) is 2.55. The standard InChI is InChI=1S/C17H15F3N2O3S/c1-11(18)17(19,20)25-13-8-5-9-14-15(13)16(21)22(26(14,23)24)10-12-6-3-2-4-7-12/h2-9,11,21H,10H2,1H3. The van der Waals surface area contributed by atoms with E-state index in [9.17, 15) is 21.6 Å². The van der Waals surface area contributed by atoms with E-state index in [4.69, 9.17) is 5.41 Å². The summed E-state index contributed by atoms with van der Waals surface area (Å²) < 4.78 is 71.0. The third-order valence-electron chi connectivity index (χ3n) is 3.92. The highest BCUT2D eigenvalue weighted by molar-refractivity contribution is 7.90. The van der Waals surface area contributed by atoms with Crippen LogP contribution < -0.4 is 4.74 Å². The van der Waals surface area contributed by atoms with Gasteiger partial charge >= 0.3 is 6.11 Å². The quantitative estimate of drug-likeness (QED) is 0.857. The van der Waals surface area contributed by atoms with Crippen LogP contribution in [0.15, 0.2) is 53.4 Å². The average Bonchev–Trinajstić information content (AvgIpc) is 2.77. The lowest BCUT2D eigenvalue weighted by atomic mass is 10.1. The van der Waals surface area contributed by atoms with Crippen LogP contribution in [0.3, 0.4) is 0 Å². The van der Waals surface area contributed by atoms with Crippen molar-refractivity contribution >= 4 is 15.9 Å². The van der Waals surface area contributed by atoms with Gasteiger partial charge in [-0.1, -0.05) is 36.4 Å². The second kappa shape index (κ2) is 6.31. The second-order valence-corrected chi connectivity index (χ2v) is 7.59. The van der Waals surface area contributed by atoms with Crippen molar-refractivity contribution in [1.29, 1.82) is 5.41 Å². The molecule has 0 fully saturated rings. The first-order chi connectivity index (χ1) is 12.1. The molecule has 0 radical (unpaired) electrons. The van der Waals surface area contributed by atoms with E-state index in [1.807, 2.05) is 0 Å². The van der Waals surface area contributed by atoms with E-state index in [0.29, 0.717) is 12.5 Å². The first-order valence-corrected chi connectivity index (χ1v) is 9.08. The van der Waals surface area contributed by atoms with Crippen molar-refractivity contribution < 1.29 is 26.3 Å².